The predicted octanol–water partition coefficient (Wildman–Crippen LogP) is 3.60. The van der Waals surface area contributed by atoms with Gasteiger partial charge in [0.05, 0.1) is 11.4 Å². The summed E-state index contributed by atoms with van der Waals surface area (Å²) in [5.41, 5.74) is 2.05. The highest BCUT2D eigenvalue weighted by molar-refractivity contribution is 8.00. The topological polar surface area (TPSA) is 55.9 Å². The average molecular weight is 286 g/mol. The SMILES string of the molecule is Cc1ccn(-c2ccc(SNc3cc(C)on3)cc2)n1. The van der Waals surface area contributed by atoms with Crippen molar-refractivity contribution in [2.24, 2.45) is 0 Å². The third-order valence-corrected chi connectivity index (χ3v) is 3.54. The molecular formula is C14H14N4OS. The van der Waals surface area contributed by atoms with Crippen LogP contribution in [0, 0.1) is 13.8 Å². The molecule has 20 heavy (non-hydrogen) atoms. The molecule has 0 saturated heterocycles. The molecule has 0 aliphatic rings. The molecule has 3 rings (SSSR count). The Morgan fingerprint density at radius 1 is 1.15 bits per heavy atom. The molecule has 6 heteroatoms. The van der Waals surface area contributed by atoms with Gasteiger partial charge in [0.15, 0.2) is 5.82 Å². The Kier molecular flexibility index (Phi) is 3.47. The van der Waals surface area contributed by atoms with Crippen LogP contribution in [0.25, 0.3) is 5.69 Å². The molecule has 0 atom stereocenters. The Balaban J connectivity index is 1.67. The van der Waals surface area contributed by atoms with Gasteiger partial charge in [0, 0.05) is 17.2 Å². The van der Waals surface area contributed by atoms with Gasteiger partial charge >= 0.3 is 0 Å². The van der Waals surface area contributed by atoms with E-state index in [4.69, 9.17) is 4.52 Å². The zero-order chi connectivity index (χ0) is 13.9. The van der Waals surface area contributed by atoms with E-state index < -0.39 is 0 Å². The van der Waals surface area contributed by atoms with Crippen LogP contribution in [0.15, 0.2) is 52.0 Å². The van der Waals surface area contributed by atoms with Crippen molar-refractivity contribution in [2.75, 3.05) is 4.72 Å². The number of nitrogens with one attached hydrogen (secondary N) is 1. The normalized spacial score (nSPS) is 10.7. The molecule has 3 aromatic rings. The second kappa shape index (κ2) is 5.42. The van der Waals surface area contributed by atoms with Crippen molar-refractivity contribution in [1.82, 2.24) is 14.9 Å². The first kappa shape index (κ1) is 12.8. The maximum Gasteiger partial charge on any atom is 0.179 e. The van der Waals surface area contributed by atoms with Crippen LogP contribution in [-0.2, 0) is 0 Å². The smallest absolute Gasteiger partial charge is 0.179 e. The summed E-state index contributed by atoms with van der Waals surface area (Å²) >= 11 is 1.49. The van der Waals surface area contributed by atoms with Gasteiger partial charge in [0.1, 0.15) is 5.76 Å². The summed E-state index contributed by atoms with van der Waals surface area (Å²) in [6.07, 6.45) is 1.95. The van der Waals surface area contributed by atoms with Crippen LogP contribution >= 0.6 is 11.9 Å². The van der Waals surface area contributed by atoms with E-state index in [9.17, 15) is 0 Å². The predicted molar refractivity (Wildman–Crippen MR) is 79.0 cm³/mol. The standard InChI is InChI=1S/C14H14N4OS/c1-10-7-8-18(15-10)12-3-5-13(6-4-12)20-17-14-9-11(2)19-16-14/h3-9H,1-2H3,(H,16,17). The minimum Gasteiger partial charge on any atom is -0.360 e. The molecular weight excluding hydrogens is 272 g/mol. The van der Waals surface area contributed by atoms with E-state index in [1.165, 1.54) is 11.9 Å². The van der Waals surface area contributed by atoms with Crippen LogP contribution in [0.2, 0.25) is 0 Å². The molecule has 0 bridgehead atoms. The minimum absolute atomic E-state index is 0.722. The summed E-state index contributed by atoms with van der Waals surface area (Å²) < 4.78 is 9.99. The number of aryl methyl sites for hydroxylation is 2. The maximum absolute atomic E-state index is 4.99. The van der Waals surface area contributed by atoms with E-state index in [1.807, 2.05) is 61.1 Å². The lowest BCUT2D eigenvalue weighted by Gasteiger charge is -2.04. The molecule has 102 valence electrons. The highest BCUT2D eigenvalue weighted by Crippen LogP contribution is 2.22. The first-order valence-corrected chi connectivity index (χ1v) is 7.01. The number of aromatic nitrogens is 3. The van der Waals surface area contributed by atoms with Gasteiger partial charge < -0.3 is 9.25 Å². The van der Waals surface area contributed by atoms with Crippen LogP contribution in [0.5, 0.6) is 0 Å². The first-order valence-electron chi connectivity index (χ1n) is 6.19. The van der Waals surface area contributed by atoms with Gasteiger partial charge in [-0.25, -0.2) is 4.68 Å². The van der Waals surface area contributed by atoms with Gasteiger partial charge in [-0.15, -0.1) is 0 Å². The molecule has 0 amide bonds. The number of anilines is 1. The van der Waals surface area contributed by atoms with E-state index in [2.05, 4.69) is 15.0 Å². The molecule has 0 unspecified atom stereocenters. The highest BCUT2D eigenvalue weighted by atomic mass is 32.2. The molecule has 0 aliphatic heterocycles. The number of benzene rings is 1. The zero-order valence-corrected chi connectivity index (χ0v) is 12.0. The molecule has 0 fully saturated rings. The lowest BCUT2D eigenvalue weighted by Crippen LogP contribution is -1.94. The fourth-order valence-corrected chi connectivity index (χ4v) is 2.34. The third kappa shape index (κ3) is 2.85. The van der Waals surface area contributed by atoms with Gasteiger partial charge in [-0.1, -0.05) is 5.16 Å². The number of hydrogen-bond acceptors (Lipinski definition) is 5. The summed E-state index contributed by atoms with van der Waals surface area (Å²) in [4.78, 5) is 1.10. The monoisotopic (exact) mass is 286 g/mol. The van der Waals surface area contributed by atoms with Crippen LogP contribution < -0.4 is 4.72 Å². The summed E-state index contributed by atoms with van der Waals surface area (Å²) in [7, 11) is 0. The number of hydrogen-bond donors (Lipinski definition) is 1. The van der Waals surface area contributed by atoms with Crippen molar-refractivity contribution in [3.8, 4) is 5.69 Å². The minimum atomic E-state index is 0.722. The fraction of sp³-hybridized carbons (Fsp3) is 0.143. The third-order valence-electron chi connectivity index (χ3n) is 2.73. The maximum atomic E-state index is 4.99. The van der Waals surface area contributed by atoms with Gasteiger partial charge in [-0.2, -0.15) is 5.10 Å². The van der Waals surface area contributed by atoms with Crippen molar-refractivity contribution in [1.29, 1.82) is 0 Å². The van der Waals surface area contributed by atoms with Crippen molar-refractivity contribution < 1.29 is 4.52 Å². The van der Waals surface area contributed by atoms with Crippen molar-refractivity contribution >= 4 is 17.8 Å². The molecule has 1 aromatic carbocycles. The number of nitrogens with zero attached hydrogens (tertiary/aromatic N) is 3. The summed E-state index contributed by atoms with van der Waals surface area (Å²) in [5.74, 6) is 1.51. The van der Waals surface area contributed by atoms with E-state index in [0.717, 1.165) is 27.9 Å². The number of rotatable bonds is 4. The second-order valence-corrected chi connectivity index (χ2v) is 5.30. The molecule has 2 heterocycles. The van der Waals surface area contributed by atoms with Gasteiger partial charge in [-0.05, 0) is 56.1 Å². The highest BCUT2D eigenvalue weighted by Gasteiger charge is 2.02. The van der Waals surface area contributed by atoms with Gasteiger partial charge in [-0.3, -0.25) is 0 Å². The molecule has 0 radical (unpaired) electrons. The van der Waals surface area contributed by atoms with Crippen molar-refractivity contribution in [3.05, 3.63) is 54.0 Å². The molecule has 0 aliphatic carbocycles. The molecule has 0 spiro atoms. The van der Waals surface area contributed by atoms with E-state index in [0.29, 0.717) is 0 Å². The van der Waals surface area contributed by atoms with Crippen LogP contribution in [-0.4, -0.2) is 14.9 Å². The van der Waals surface area contributed by atoms with E-state index in [-0.39, 0.29) is 0 Å². The molecule has 1 N–H and O–H groups in total. The van der Waals surface area contributed by atoms with Crippen LogP contribution in [0.1, 0.15) is 11.5 Å². The first-order chi connectivity index (χ1) is 9.70. The Hall–Kier alpha value is -2.21. The van der Waals surface area contributed by atoms with Crippen LogP contribution in [0.4, 0.5) is 5.82 Å². The largest absolute Gasteiger partial charge is 0.360 e. The summed E-state index contributed by atoms with van der Waals surface area (Å²) in [6, 6.07) is 12.0. The second-order valence-electron chi connectivity index (χ2n) is 4.42. The Labute approximate surface area is 121 Å². The molecule has 5 nitrogen and oxygen atoms in total. The Morgan fingerprint density at radius 2 is 1.95 bits per heavy atom. The van der Waals surface area contributed by atoms with E-state index >= 15 is 0 Å². The van der Waals surface area contributed by atoms with Gasteiger partial charge in [0.2, 0.25) is 0 Å². The lowest BCUT2D eigenvalue weighted by molar-refractivity contribution is 0.400. The zero-order valence-electron chi connectivity index (χ0n) is 11.2. The van der Waals surface area contributed by atoms with Crippen molar-refractivity contribution in [3.63, 3.8) is 0 Å². The Morgan fingerprint density at radius 3 is 2.55 bits per heavy atom. The van der Waals surface area contributed by atoms with Crippen molar-refractivity contribution in [2.45, 2.75) is 18.7 Å². The summed E-state index contributed by atoms with van der Waals surface area (Å²) in [5, 5.41) is 8.26. The quantitative estimate of drug-likeness (QED) is 0.743. The molecule has 0 saturated carbocycles. The summed E-state index contributed by atoms with van der Waals surface area (Å²) in [6.45, 7) is 3.84. The van der Waals surface area contributed by atoms with E-state index in [1.54, 1.807) is 0 Å². The fourth-order valence-electron chi connectivity index (χ4n) is 1.75. The molecule has 2 aromatic heterocycles. The lowest BCUT2D eigenvalue weighted by atomic mass is 10.3. The average Bonchev–Trinajstić information content (AvgIpc) is 3.06. The Bertz CT molecular complexity index is 702. The van der Waals surface area contributed by atoms with Crippen LogP contribution in [0.3, 0.4) is 0 Å². The van der Waals surface area contributed by atoms with Gasteiger partial charge in [0.25, 0.3) is 0 Å².